The highest BCUT2D eigenvalue weighted by atomic mass is 35.5. The predicted octanol–water partition coefficient (Wildman–Crippen LogP) is 2.19. The number of likely N-dealkylation sites (N-methyl/N-ethyl adjacent to an activating group) is 1. The maximum Gasteiger partial charge on any atom is 0.221 e. The fourth-order valence-corrected chi connectivity index (χ4v) is 2.30. The van der Waals surface area contributed by atoms with E-state index in [1.165, 1.54) is 0 Å². The molecule has 5 heteroatoms. The zero-order valence-corrected chi connectivity index (χ0v) is 13.2. The van der Waals surface area contributed by atoms with E-state index in [1.807, 2.05) is 38.2 Å². The highest BCUT2D eigenvalue weighted by Gasteiger charge is 2.22. The molecule has 2 unspecified atom stereocenters. The van der Waals surface area contributed by atoms with Crippen LogP contribution in [0.3, 0.4) is 0 Å². The number of amides is 1. The summed E-state index contributed by atoms with van der Waals surface area (Å²) in [6.45, 7) is 5.11. The van der Waals surface area contributed by atoms with E-state index in [4.69, 9.17) is 17.3 Å². The second-order valence-electron chi connectivity index (χ2n) is 4.94. The van der Waals surface area contributed by atoms with Gasteiger partial charge >= 0.3 is 0 Å². The van der Waals surface area contributed by atoms with Gasteiger partial charge in [-0.3, -0.25) is 9.69 Å². The van der Waals surface area contributed by atoms with E-state index in [0.717, 1.165) is 10.6 Å². The van der Waals surface area contributed by atoms with E-state index in [-0.39, 0.29) is 18.0 Å². The molecule has 0 aliphatic carbocycles. The van der Waals surface area contributed by atoms with Gasteiger partial charge in [0.1, 0.15) is 0 Å². The normalized spacial score (nSPS) is 14.1. The first-order valence-electron chi connectivity index (χ1n) is 6.93. The number of nitrogens with two attached hydrogens (primary N) is 1. The Balaban J connectivity index is 2.71. The number of nitrogens with one attached hydrogen (secondary N) is 1. The second kappa shape index (κ2) is 8.25. The van der Waals surface area contributed by atoms with Gasteiger partial charge in [0.2, 0.25) is 5.91 Å². The molecule has 0 spiro atoms. The zero-order chi connectivity index (χ0) is 15.1. The molecule has 0 aliphatic heterocycles. The number of nitrogens with zero attached hydrogens (tertiary/aromatic N) is 1. The summed E-state index contributed by atoms with van der Waals surface area (Å²) in [7, 11) is 2.00. The summed E-state index contributed by atoms with van der Waals surface area (Å²) in [4.78, 5) is 13.8. The maximum absolute atomic E-state index is 11.7. The lowest BCUT2D eigenvalue weighted by atomic mass is 10.0. The van der Waals surface area contributed by atoms with Crippen LogP contribution in [-0.2, 0) is 4.79 Å². The molecule has 0 heterocycles. The van der Waals surface area contributed by atoms with E-state index in [0.29, 0.717) is 19.5 Å². The van der Waals surface area contributed by atoms with Crippen LogP contribution in [0.2, 0.25) is 5.02 Å². The van der Waals surface area contributed by atoms with Gasteiger partial charge in [-0.1, -0.05) is 23.7 Å². The molecule has 0 saturated carbocycles. The third kappa shape index (κ3) is 4.78. The molecule has 0 bridgehead atoms. The van der Waals surface area contributed by atoms with Crippen molar-refractivity contribution in [2.75, 3.05) is 20.1 Å². The molecule has 0 saturated heterocycles. The van der Waals surface area contributed by atoms with Crippen LogP contribution >= 0.6 is 11.6 Å². The van der Waals surface area contributed by atoms with Crippen molar-refractivity contribution in [1.82, 2.24) is 10.2 Å². The van der Waals surface area contributed by atoms with Crippen LogP contribution in [0, 0.1) is 0 Å². The monoisotopic (exact) mass is 297 g/mol. The summed E-state index contributed by atoms with van der Waals surface area (Å²) < 4.78 is 0. The topological polar surface area (TPSA) is 58.4 Å². The number of benzene rings is 1. The number of carbonyl (C=O) groups is 1. The van der Waals surface area contributed by atoms with Crippen molar-refractivity contribution in [3.63, 3.8) is 0 Å². The van der Waals surface area contributed by atoms with Crippen LogP contribution in [-0.4, -0.2) is 37.0 Å². The Bertz CT molecular complexity index is 422. The maximum atomic E-state index is 11.7. The summed E-state index contributed by atoms with van der Waals surface area (Å²) >= 11 is 5.90. The van der Waals surface area contributed by atoms with Crippen molar-refractivity contribution >= 4 is 17.5 Å². The van der Waals surface area contributed by atoms with Gasteiger partial charge in [0.05, 0.1) is 0 Å². The number of hydrogen-bond acceptors (Lipinski definition) is 3. The minimum atomic E-state index is 0.0206. The molecule has 3 N–H and O–H groups in total. The summed E-state index contributed by atoms with van der Waals surface area (Å²) in [6, 6.07) is 7.96. The van der Waals surface area contributed by atoms with Crippen molar-refractivity contribution in [3.8, 4) is 0 Å². The molecule has 1 rings (SSSR count). The Morgan fingerprint density at radius 3 is 2.50 bits per heavy atom. The second-order valence-corrected chi connectivity index (χ2v) is 5.38. The van der Waals surface area contributed by atoms with Gasteiger partial charge in [0.15, 0.2) is 0 Å². The number of carbonyl (C=O) groups excluding carboxylic acids is 1. The average molecular weight is 298 g/mol. The molecule has 1 aromatic rings. The van der Waals surface area contributed by atoms with Gasteiger partial charge in [-0.25, -0.2) is 0 Å². The van der Waals surface area contributed by atoms with Gasteiger partial charge in [-0.15, -0.1) is 0 Å². The van der Waals surface area contributed by atoms with Gasteiger partial charge in [0, 0.05) is 36.6 Å². The van der Waals surface area contributed by atoms with Crippen LogP contribution in [0.25, 0.3) is 0 Å². The van der Waals surface area contributed by atoms with Gasteiger partial charge in [-0.2, -0.15) is 0 Å². The molecule has 4 nitrogen and oxygen atoms in total. The average Bonchev–Trinajstić information content (AvgIpc) is 2.44. The summed E-state index contributed by atoms with van der Waals surface area (Å²) in [6.07, 6.45) is 0.415. The number of hydrogen-bond donors (Lipinski definition) is 2. The Hall–Kier alpha value is -1.10. The Morgan fingerprint density at radius 2 is 2.00 bits per heavy atom. The molecule has 0 aliphatic rings. The lowest BCUT2D eigenvalue weighted by molar-refractivity contribution is -0.122. The molecule has 112 valence electrons. The lowest BCUT2D eigenvalue weighted by Crippen LogP contribution is -2.43. The van der Waals surface area contributed by atoms with Crippen LogP contribution in [0.15, 0.2) is 24.3 Å². The van der Waals surface area contributed by atoms with E-state index >= 15 is 0 Å². The first-order chi connectivity index (χ1) is 9.49. The lowest BCUT2D eigenvalue weighted by Gasteiger charge is -2.32. The fourth-order valence-electron chi connectivity index (χ4n) is 2.17. The first-order valence-corrected chi connectivity index (χ1v) is 7.31. The largest absolute Gasteiger partial charge is 0.356 e. The van der Waals surface area contributed by atoms with Crippen molar-refractivity contribution in [2.45, 2.75) is 32.4 Å². The van der Waals surface area contributed by atoms with E-state index in [2.05, 4.69) is 17.1 Å². The van der Waals surface area contributed by atoms with Crippen LogP contribution in [0.4, 0.5) is 0 Å². The van der Waals surface area contributed by atoms with Crippen molar-refractivity contribution in [2.24, 2.45) is 5.73 Å². The van der Waals surface area contributed by atoms with E-state index in [1.54, 1.807) is 0 Å². The molecule has 0 radical (unpaired) electrons. The molecular weight excluding hydrogens is 274 g/mol. The molecule has 1 amide bonds. The van der Waals surface area contributed by atoms with Crippen LogP contribution in [0.1, 0.15) is 31.9 Å². The quantitative estimate of drug-likeness (QED) is 0.811. The zero-order valence-electron chi connectivity index (χ0n) is 12.4. The smallest absolute Gasteiger partial charge is 0.221 e. The minimum absolute atomic E-state index is 0.0206. The standard InChI is InChI=1S/C15H24ClN3O/c1-4-18-15(20)9-14(10-17)19(3)11(2)12-5-7-13(16)8-6-12/h5-8,11,14H,4,9-10,17H2,1-3H3,(H,18,20). The van der Waals surface area contributed by atoms with E-state index < -0.39 is 0 Å². The number of rotatable bonds is 7. The van der Waals surface area contributed by atoms with Gasteiger partial charge in [0.25, 0.3) is 0 Å². The molecule has 0 aromatic heterocycles. The molecule has 2 atom stereocenters. The Morgan fingerprint density at radius 1 is 1.40 bits per heavy atom. The van der Waals surface area contributed by atoms with Crippen molar-refractivity contribution in [3.05, 3.63) is 34.9 Å². The summed E-state index contributed by atoms with van der Waals surface area (Å²) in [5, 5.41) is 3.54. The summed E-state index contributed by atoms with van der Waals surface area (Å²) in [5.74, 6) is 0.0399. The van der Waals surface area contributed by atoms with Crippen molar-refractivity contribution < 1.29 is 4.79 Å². The Labute approximate surface area is 126 Å². The van der Waals surface area contributed by atoms with E-state index in [9.17, 15) is 4.79 Å². The first kappa shape index (κ1) is 17.0. The van der Waals surface area contributed by atoms with Gasteiger partial charge in [-0.05, 0) is 38.6 Å². The fraction of sp³-hybridized carbons (Fsp3) is 0.533. The molecule has 20 heavy (non-hydrogen) atoms. The highest BCUT2D eigenvalue weighted by molar-refractivity contribution is 6.30. The third-order valence-corrected chi connectivity index (χ3v) is 3.86. The SMILES string of the molecule is CCNC(=O)CC(CN)N(C)C(C)c1ccc(Cl)cc1. The highest BCUT2D eigenvalue weighted by Crippen LogP contribution is 2.23. The molecule has 0 fully saturated rings. The molecule has 1 aromatic carbocycles. The number of halogens is 1. The minimum Gasteiger partial charge on any atom is -0.356 e. The van der Waals surface area contributed by atoms with Gasteiger partial charge < -0.3 is 11.1 Å². The Kier molecular flexibility index (Phi) is 6.99. The summed E-state index contributed by atoms with van der Waals surface area (Å²) in [5.41, 5.74) is 6.97. The predicted molar refractivity (Wildman–Crippen MR) is 83.8 cm³/mol. The third-order valence-electron chi connectivity index (χ3n) is 3.61. The van der Waals surface area contributed by atoms with Crippen molar-refractivity contribution in [1.29, 1.82) is 0 Å². The van der Waals surface area contributed by atoms with Crippen LogP contribution in [0.5, 0.6) is 0 Å². The van der Waals surface area contributed by atoms with Crippen LogP contribution < -0.4 is 11.1 Å². The molecular formula is C15H24ClN3O.